The van der Waals surface area contributed by atoms with Crippen LogP contribution in [-0.2, 0) is 6.54 Å². The maximum absolute atomic E-state index is 12.1. The predicted octanol–water partition coefficient (Wildman–Crippen LogP) is 2.24. The molecule has 1 N–H and O–H groups in total. The third kappa shape index (κ3) is 3.38. The minimum atomic E-state index is -0.585. The summed E-state index contributed by atoms with van der Waals surface area (Å²) >= 11 is 0. The quantitative estimate of drug-likeness (QED) is 0.675. The number of hydrogen-bond acceptors (Lipinski definition) is 5. The Hall–Kier alpha value is -2.96. The van der Waals surface area contributed by atoms with Gasteiger partial charge in [0, 0.05) is 17.8 Å². The summed E-state index contributed by atoms with van der Waals surface area (Å²) in [7, 11) is 1.34. The molecule has 0 atom stereocenters. The lowest BCUT2D eigenvalue weighted by Gasteiger charge is -2.08. The van der Waals surface area contributed by atoms with Crippen LogP contribution >= 0.6 is 0 Å². The highest BCUT2D eigenvalue weighted by atomic mass is 16.6. The van der Waals surface area contributed by atoms with E-state index in [1.54, 1.807) is 6.20 Å². The molecule has 22 heavy (non-hydrogen) atoms. The number of aromatic nitrogens is 1. The summed E-state index contributed by atoms with van der Waals surface area (Å²) in [4.78, 5) is 26.7. The number of pyridine rings is 1. The molecule has 0 saturated heterocycles. The number of nitrogens with one attached hydrogen (secondary N) is 1. The van der Waals surface area contributed by atoms with Crippen LogP contribution in [0.4, 0.5) is 5.69 Å². The summed E-state index contributed by atoms with van der Waals surface area (Å²) in [6, 6.07) is 7.78. The maximum Gasteiger partial charge on any atom is 0.311 e. The van der Waals surface area contributed by atoms with E-state index in [9.17, 15) is 14.9 Å². The summed E-state index contributed by atoms with van der Waals surface area (Å²) in [6.07, 6.45) is 1.65. The fourth-order valence-electron chi connectivity index (χ4n) is 1.94. The van der Waals surface area contributed by atoms with Crippen molar-refractivity contribution in [1.29, 1.82) is 0 Å². The largest absolute Gasteiger partial charge is 0.490 e. The highest BCUT2D eigenvalue weighted by molar-refractivity contribution is 5.95. The van der Waals surface area contributed by atoms with Gasteiger partial charge in [0.1, 0.15) is 0 Å². The number of methoxy groups -OCH3 is 1. The fraction of sp³-hybridized carbons (Fsp3) is 0.200. The normalized spacial score (nSPS) is 10.1. The lowest BCUT2D eigenvalue weighted by molar-refractivity contribution is -0.385. The first-order chi connectivity index (χ1) is 10.5. The molecule has 7 nitrogen and oxygen atoms in total. The van der Waals surface area contributed by atoms with Crippen LogP contribution in [0.15, 0.2) is 36.5 Å². The van der Waals surface area contributed by atoms with E-state index in [1.807, 2.05) is 19.1 Å². The smallest absolute Gasteiger partial charge is 0.311 e. The monoisotopic (exact) mass is 301 g/mol. The van der Waals surface area contributed by atoms with Crippen molar-refractivity contribution in [2.45, 2.75) is 13.5 Å². The number of amides is 1. The van der Waals surface area contributed by atoms with Gasteiger partial charge in [-0.3, -0.25) is 19.9 Å². The Kier molecular flexibility index (Phi) is 4.67. The number of nitro groups is 1. The van der Waals surface area contributed by atoms with Crippen molar-refractivity contribution in [3.05, 3.63) is 63.5 Å². The zero-order chi connectivity index (χ0) is 16.1. The van der Waals surface area contributed by atoms with E-state index in [4.69, 9.17) is 4.74 Å². The van der Waals surface area contributed by atoms with Gasteiger partial charge in [-0.1, -0.05) is 6.07 Å². The third-order valence-electron chi connectivity index (χ3n) is 3.17. The number of nitro benzene ring substituents is 1. The number of hydrogen-bond donors (Lipinski definition) is 1. The number of nitrogens with zero attached hydrogens (tertiary/aromatic N) is 2. The Bertz CT molecular complexity index is 716. The molecule has 114 valence electrons. The minimum Gasteiger partial charge on any atom is -0.490 e. The summed E-state index contributed by atoms with van der Waals surface area (Å²) in [5.41, 5.74) is 1.66. The lowest BCUT2D eigenvalue weighted by Crippen LogP contribution is -2.23. The van der Waals surface area contributed by atoms with Crippen LogP contribution in [0.5, 0.6) is 5.75 Å². The third-order valence-corrected chi connectivity index (χ3v) is 3.17. The van der Waals surface area contributed by atoms with Gasteiger partial charge in [0.25, 0.3) is 5.91 Å². The van der Waals surface area contributed by atoms with Gasteiger partial charge in [-0.25, -0.2) is 0 Å². The summed E-state index contributed by atoms with van der Waals surface area (Å²) < 4.78 is 4.90. The predicted molar refractivity (Wildman–Crippen MR) is 79.8 cm³/mol. The molecule has 1 amide bonds. The zero-order valence-corrected chi connectivity index (χ0v) is 12.2. The Morgan fingerprint density at radius 2 is 2.18 bits per heavy atom. The highest BCUT2D eigenvalue weighted by Gasteiger charge is 2.18. The molecule has 1 aromatic heterocycles. The number of benzene rings is 1. The Morgan fingerprint density at radius 3 is 2.82 bits per heavy atom. The summed E-state index contributed by atoms with van der Waals surface area (Å²) in [5.74, 6) is -0.294. The standard InChI is InChI=1S/C15H15N3O4/c1-10-4-3-7-16-12(10)9-17-15(19)11-5-6-14(22-2)13(8-11)18(20)21/h3-8H,9H2,1-2H3,(H,17,19). The molecule has 0 bridgehead atoms. The zero-order valence-electron chi connectivity index (χ0n) is 12.2. The summed E-state index contributed by atoms with van der Waals surface area (Å²) in [5, 5.41) is 13.7. The van der Waals surface area contributed by atoms with E-state index >= 15 is 0 Å². The first-order valence-corrected chi connectivity index (χ1v) is 6.54. The molecule has 0 unspecified atom stereocenters. The first-order valence-electron chi connectivity index (χ1n) is 6.54. The molecular formula is C15H15N3O4. The number of rotatable bonds is 5. The van der Waals surface area contributed by atoms with E-state index in [-0.39, 0.29) is 23.5 Å². The van der Waals surface area contributed by atoms with Crippen LogP contribution in [0.3, 0.4) is 0 Å². The molecule has 0 aliphatic rings. The van der Waals surface area contributed by atoms with Gasteiger partial charge >= 0.3 is 5.69 Å². The molecule has 0 radical (unpaired) electrons. The molecule has 2 rings (SSSR count). The number of carbonyl (C=O) groups excluding carboxylic acids is 1. The Morgan fingerprint density at radius 1 is 1.41 bits per heavy atom. The van der Waals surface area contributed by atoms with E-state index in [1.165, 1.54) is 25.3 Å². The SMILES string of the molecule is COc1ccc(C(=O)NCc2ncccc2C)cc1[N+](=O)[O-]. The van der Waals surface area contributed by atoms with Crippen LogP contribution in [0, 0.1) is 17.0 Å². The molecular weight excluding hydrogens is 286 g/mol. The second kappa shape index (κ2) is 6.66. The van der Waals surface area contributed by atoms with Gasteiger partial charge in [0.05, 0.1) is 24.3 Å². The van der Waals surface area contributed by atoms with Crippen molar-refractivity contribution >= 4 is 11.6 Å². The van der Waals surface area contributed by atoms with Crippen molar-refractivity contribution in [2.24, 2.45) is 0 Å². The van der Waals surface area contributed by atoms with Gasteiger partial charge in [0.2, 0.25) is 0 Å². The van der Waals surface area contributed by atoms with Crippen molar-refractivity contribution in [3.8, 4) is 5.75 Å². The molecule has 0 aliphatic carbocycles. The van der Waals surface area contributed by atoms with Gasteiger partial charge in [-0.05, 0) is 30.7 Å². The molecule has 7 heteroatoms. The van der Waals surface area contributed by atoms with E-state index < -0.39 is 10.8 Å². The first kappa shape index (κ1) is 15.4. The van der Waals surface area contributed by atoms with Crippen LogP contribution in [0.2, 0.25) is 0 Å². The van der Waals surface area contributed by atoms with Crippen molar-refractivity contribution in [2.75, 3.05) is 7.11 Å². The van der Waals surface area contributed by atoms with Gasteiger partial charge in [-0.15, -0.1) is 0 Å². The van der Waals surface area contributed by atoms with E-state index in [2.05, 4.69) is 10.3 Å². The molecule has 2 aromatic rings. The van der Waals surface area contributed by atoms with Crippen molar-refractivity contribution < 1.29 is 14.5 Å². The van der Waals surface area contributed by atoms with Crippen molar-refractivity contribution in [1.82, 2.24) is 10.3 Å². The molecule has 0 fully saturated rings. The molecule has 0 spiro atoms. The average molecular weight is 301 g/mol. The second-order valence-electron chi connectivity index (χ2n) is 4.59. The molecule has 0 saturated carbocycles. The number of carbonyl (C=O) groups is 1. The lowest BCUT2D eigenvalue weighted by atomic mass is 10.1. The summed E-state index contributed by atoms with van der Waals surface area (Å²) in [6.45, 7) is 2.15. The Labute approximate surface area is 127 Å². The molecule has 1 aromatic carbocycles. The Balaban J connectivity index is 2.15. The average Bonchev–Trinajstić information content (AvgIpc) is 2.53. The van der Waals surface area contributed by atoms with Crippen LogP contribution in [-0.4, -0.2) is 22.9 Å². The maximum atomic E-state index is 12.1. The van der Waals surface area contributed by atoms with Crippen LogP contribution in [0.25, 0.3) is 0 Å². The number of ether oxygens (including phenoxy) is 1. The van der Waals surface area contributed by atoms with E-state index in [0.717, 1.165) is 11.3 Å². The van der Waals surface area contributed by atoms with Crippen LogP contribution in [0.1, 0.15) is 21.6 Å². The van der Waals surface area contributed by atoms with Crippen LogP contribution < -0.4 is 10.1 Å². The fourth-order valence-corrected chi connectivity index (χ4v) is 1.94. The topological polar surface area (TPSA) is 94.4 Å². The second-order valence-corrected chi connectivity index (χ2v) is 4.59. The van der Waals surface area contributed by atoms with Crippen molar-refractivity contribution in [3.63, 3.8) is 0 Å². The minimum absolute atomic E-state index is 0.113. The van der Waals surface area contributed by atoms with Gasteiger partial charge in [0.15, 0.2) is 5.75 Å². The number of aryl methyl sites for hydroxylation is 1. The van der Waals surface area contributed by atoms with Gasteiger partial charge < -0.3 is 10.1 Å². The van der Waals surface area contributed by atoms with Gasteiger partial charge in [-0.2, -0.15) is 0 Å². The highest BCUT2D eigenvalue weighted by Crippen LogP contribution is 2.27. The molecule has 1 heterocycles. The molecule has 0 aliphatic heterocycles. The van der Waals surface area contributed by atoms with E-state index in [0.29, 0.717) is 0 Å².